The zero-order valence-electron chi connectivity index (χ0n) is 16.3. The van der Waals surface area contributed by atoms with Crippen molar-refractivity contribution in [2.45, 2.75) is 45.1 Å². The van der Waals surface area contributed by atoms with Gasteiger partial charge >= 0.3 is 5.97 Å². The van der Waals surface area contributed by atoms with E-state index in [0.29, 0.717) is 11.6 Å². The van der Waals surface area contributed by atoms with E-state index in [2.05, 4.69) is 17.2 Å². The number of carbonyl (C=O) groups excluding carboxylic acids is 2. The van der Waals surface area contributed by atoms with Crippen molar-refractivity contribution in [2.24, 2.45) is 5.92 Å². The number of esters is 1. The number of hydrogen-bond donors (Lipinski definition) is 1. The van der Waals surface area contributed by atoms with Crippen molar-refractivity contribution in [1.29, 1.82) is 0 Å². The fourth-order valence-corrected chi connectivity index (χ4v) is 4.20. The molecule has 1 aliphatic rings. The molecule has 1 fully saturated rings. The molecule has 7 heteroatoms. The summed E-state index contributed by atoms with van der Waals surface area (Å²) in [5, 5.41) is 5.65. The van der Waals surface area contributed by atoms with Gasteiger partial charge in [-0.3, -0.25) is 9.59 Å². The molecular weight excluding hydrogens is 376 g/mol. The number of rotatable bonds is 7. The number of nitrogens with one attached hydrogen (secondary N) is 1. The second-order valence-corrected chi connectivity index (χ2v) is 8.00. The molecular formula is C21H26N2O4S. The highest BCUT2D eigenvalue weighted by Gasteiger charge is 2.23. The van der Waals surface area contributed by atoms with Crippen molar-refractivity contribution in [1.82, 2.24) is 10.3 Å². The Kier molecular flexibility index (Phi) is 7.03. The summed E-state index contributed by atoms with van der Waals surface area (Å²) in [6.45, 7) is 1.91. The van der Waals surface area contributed by atoms with E-state index in [1.54, 1.807) is 7.11 Å². The summed E-state index contributed by atoms with van der Waals surface area (Å²) in [5.41, 5.74) is 1.61. The number of nitrogens with zero attached hydrogens (tertiary/aromatic N) is 1. The van der Waals surface area contributed by atoms with Crippen LogP contribution in [-0.4, -0.2) is 36.6 Å². The minimum atomic E-state index is -0.446. The molecule has 1 aromatic carbocycles. The van der Waals surface area contributed by atoms with Crippen LogP contribution in [0.4, 0.5) is 0 Å². The molecule has 0 unspecified atom stereocenters. The molecule has 0 saturated heterocycles. The van der Waals surface area contributed by atoms with E-state index in [0.717, 1.165) is 35.6 Å². The van der Waals surface area contributed by atoms with Crippen LogP contribution in [0.3, 0.4) is 0 Å². The maximum Gasteiger partial charge on any atom is 0.312 e. The Labute approximate surface area is 169 Å². The molecule has 6 nitrogen and oxygen atoms in total. The SMILES string of the molecule is COc1ccc(-c2nc(CC(=O)OCC(=O)N[C@H]3CCCC[C@@H]3C)cs2)cc1. The molecule has 150 valence electrons. The molecule has 0 radical (unpaired) electrons. The highest BCUT2D eigenvalue weighted by atomic mass is 32.1. The summed E-state index contributed by atoms with van der Waals surface area (Å²) < 4.78 is 10.3. The first kappa shape index (κ1) is 20.3. The molecule has 1 N–H and O–H groups in total. The fourth-order valence-electron chi connectivity index (χ4n) is 3.38. The molecule has 2 atom stereocenters. The van der Waals surface area contributed by atoms with Gasteiger partial charge in [0.1, 0.15) is 10.8 Å². The lowest BCUT2D eigenvalue weighted by Gasteiger charge is -2.29. The van der Waals surface area contributed by atoms with Gasteiger partial charge in [0.25, 0.3) is 5.91 Å². The quantitative estimate of drug-likeness (QED) is 0.716. The zero-order chi connectivity index (χ0) is 19.9. The lowest BCUT2D eigenvalue weighted by Crippen LogP contribution is -2.42. The third kappa shape index (κ3) is 5.55. The molecule has 1 saturated carbocycles. The molecule has 0 bridgehead atoms. The summed E-state index contributed by atoms with van der Waals surface area (Å²) in [5.74, 6) is 0.576. The van der Waals surface area contributed by atoms with Gasteiger partial charge in [-0.25, -0.2) is 4.98 Å². The Bertz CT molecular complexity index is 803. The molecule has 1 aliphatic carbocycles. The highest BCUT2D eigenvalue weighted by molar-refractivity contribution is 7.13. The van der Waals surface area contributed by atoms with Crippen molar-refractivity contribution in [2.75, 3.05) is 13.7 Å². The summed E-state index contributed by atoms with van der Waals surface area (Å²) in [6, 6.07) is 7.78. The lowest BCUT2D eigenvalue weighted by atomic mass is 9.86. The number of methoxy groups -OCH3 is 1. The van der Waals surface area contributed by atoms with Crippen LogP contribution in [-0.2, 0) is 20.7 Å². The summed E-state index contributed by atoms with van der Waals surface area (Å²) in [4.78, 5) is 28.6. The predicted octanol–water partition coefficient (Wildman–Crippen LogP) is 3.60. The monoisotopic (exact) mass is 402 g/mol. The van der Waals surface area contributed by atoms with Crippen LogP contribution in [0.2, 0.25) is 0 Å². The first-order chi connectivity index (χ1) is 13.5. The van der Waals surface area contributed by atoms with Crippen LogP contribution in [0.1, 0.15) is 38.3 Å². The van der Waals surface area contributed by atoms with E-state index in [1.165, 1.54) is 17.8 Å². The van der Waals surface area contributed by atoms with Crippen molar-refractivity contribution in [3.8, 4) is 16.3 Å². The van der Waals surface area contributed by atoms with E-state index in [9.17, 15) is 9.59 Å². The van der Waals surface area contributed by atoms with Crippen LogP contribution in [0.15, 0.2) is 29.6 Å². The molecule has 3 rings (SSSR count). The van der Waals surface area contributed by atoms with Gasteiger partial charge in [0.05, 0.1) is 19.2 Å². The number of amides is 1. The summed E-state index contributed by atoms with van der Waals surface area (Å²) in [6.07, 6.45) is 4.53. The van der Waals surface area contributed by atoms with E-state index in [-0.39, 0.29) is 25.0 Å². The standard InChI is InChI=1S/C21H26N2O4S/c1-14-5-3-4-6-18(14)23-19(24)12-27-20(25)11-16-13-28-21(22-16)15-7-9-17(26-2)10-8-15/h7-10,13-14,18H,3-6,11-12H2,1-2H3,(H,23,24)/t14-,18-/m0/s1. The van der Waals surface area contributed by atoms with E-state index in [1.807, 2.05) is 29.6 Å². The predicted molar refractivity (Wildman–Crippen MR) is 108 cm³/mol. The molecule has 1 aromatic heterocycles. The summed E-state index contributed by atoms with van der Waals surface area (Å²) >= 11 is 1.47. The maximum atomic E-state index is 12.0. The summed E-state index contributed by atoms with van der Waals surface area (Å²) in [7, 11) is 1.62. The average Bonchev–Trinajstić information content (AvgIpc) is 3.16. The van der Waals surface area contributed by atoms with Gasteiger partial charge in [0.2, 0.25) is 0 Å². The second-order valence-electron chi connectivity index (χ2n) is 7.15. The number of ether oxygens (including phenoxy) is 2. The maximum absolute atomic E-state index is 12.0. The smallest absolute Gasteiger partial charge is 0.312 e. The number of benzene rings is 1. The van der Waals surface area contributed by atoms with Crippen molar-refractivity contribution >= 4 is 23.2 Å². The normalized spacial score (nSPS) is 19.1. The third-order valence-corrected chi connectivity index (χ3v) is 5.98. The van der Waals surface area contributed by atoms with Crippen LogP contribution in [0.25, 0.3) is 10.6 Å². The van der Waals surface area contributed by atoms with Crippen LogP contribution < -0.4 is 10.1 Å². The Hall–Kier alpha value is -2.41. The highest BCUT2D eigenvalue weighted by Crippen LogP contribution is 2.26. The Morgan fingerprint density at radius 1 is 1.21 bits per heavy atom. The molecule has 1 heterocycles. The van der Waals surface area contributed by atoms with Gasteiger partial charge in [0.15, 0.2) is 6.61 Å². The van der Waals surface area contributed by atoms with Crippen LogP contribution >= 0.6 is 11.3 Å². The van der Waals surface area contributed by atoms with E-state index < -0.39 is 5.97 Å². The molecule has 28 heavy (non-hydrogen) atoms. The van der Waals surface area contributed by atoms with Crippen molar-refractivity contribution in [3.05, 3.63) is 35.3 Å². The first-order valence-corrected chi connectivity index (χ1v) is 10.5. The molecule has 0 spiro atoms. The third-order valence-electron chi connectivity index (χ3n) is 5.04. The number of aromatic nitrogens is 1. The lowest BCUT2D eigenvalue weighted by molar-refractivity contribution is -0.148. The minimum absolute atomic E-state index is 0.0553. The minimum Gasteiger partial charge on any atom is -0.497 e. The van der Waals surface area contributed by atoms with Gasteiger partial charge < -0.3 is 14.8 Å². The molecule has 2 aromatic rings. The molecule has 1 amide bonds. The number of thiazole rings is 1. The Morgan fingerprint density at radius 2 is 1.96 bits per heavy atom. The van der Waals surface area contributed by atoms with Crippen molar-refractivity contribution < 1.29 is 19.1 Å². The largest absolute Gasteiger partial charge is 0.497 e. The van der Waals surface area contributed by atoms with E-state index in [4.69, 9.17) is 9.47 Å². The van der Waals surface area contributed by atoms with Crippen LogP contribution in [0.5, 0.6) is 5.75 Å². The Balaban J connectivity index is 1.45. The topological polar surface area (TPSA) is 77.5 Å². The second kappa shape index (κ2) is 9.68. The van der Waals surface area contributed by atoms with Gasteiger partial charge in [0, 0.05) is 17.0 Å². The Morgan fingerprint density at radius 3 is 2.68 bits per heavy atom. The first-order valence-electron chi connectivity index (χ1n) is 9.59. The van der Waals surface area contributed by atoms with E-state index >= 15 is 0 Å². The fraction of sp³-hybridized carbons (Fsp3) is 0.476. The van der Waals surface area contributed by atoms with Crippen molar-refractivity contribution in [3.63, 3.8) is 0 Å². The van der Waals surface area contributed by atoms with Gasteiger partial charge in [-0.2, -0.15) is 0 Å². The molecule has 0 aliphatic heterocycles. The number of carbonyl (C=O) groups is 2. The van der Waals surface area contributed by atoms with Gasteiger partial charge in [-0.1, -0.05) is 19.8 Å². The average molecular weight is 403 g/mol. The van der Waals surface area contributed by atoms with Crippen LogP contribution in [0, 0.1) is 5.92 Å². The van der Waals surface area contributed by atoms with Gasteiger partial charge in [-0.15, -0.1) is 11.3 Å². The number of hydrogen-bond acceptors (Lipinski definition) is 6. The zero-order valence-corrected chi connectivity index (χ0v) is 17.1. The van der Waals surface area contributed by atoms with Gasteiger partial charge in [-0.05, 0) is 43.0 Å².